The maximum absolute atomic E-state index is 12.6. The first-order chi connectivity index (χ1) is 8.79. The van der Waals surface area contributed by atoms with Gasteiger partial charge in [0.1, 0.15) is 0 Å². The fraction of sp³-hybridized carbons (Fsp3) is 0.462. The normalized spacial score (nSPS) is 28.9. The van der Waals surface area contributed by atoms with Crippen LogP contribution in [0, 0.1) is 11.3 Å². The molecule has 0 saturated carbocycles. The quantitative estimate of drug-likeness (QED) is 0.807. The van der Waals surface area contributed by atoms with Crippen LogP contribution in [0.3, 0.4) is 0 Å². The number of benzene rings is 1. The average Bonchev–Trinajstić information content (AvgIpc) is 2.67. The molecule has 2 saturated heterocycles. The summed E-state index contributed by atoms with van der Waals surface area (Å²) in [5, 5.41) is 12.3. The smallest absolute Gasteiger partial charge is 0.175 e. The Morgan fingerprint density at radius 3 is 2.72 bits per heavy atom. The Morgan fingerprint density at radius 2 is 2.06 bits per heavy atom. The van der Waals surface area contributed by atoms with E-state index in [0.29, 0.717) is 17.6 Å². The number of fused-ring (bicyclic) bond motifs is 2. The van der Waals surface area contributed by atoms with E-state index in [-0.39, 0.29) is 0 Å². The van der Waals surface area contributed by atoms with Crippen LogP contribution in [0.2, 0.25) is 0 Å². The zero-order valence-electron chi connectivity index (χ0n) is 10.0. The Morgan fingerprint density at radius 1 is 1.33 bits per heavy atom. The van der Waals surface area contributed by atoms with E-state index >= 15 is 0 Å². The molecule has 0 amide bonds. The lowest BCUT2D eigenvalue weighted by Gasteiger charge is -2.34. The molecule has 0 radical (unpaired) electrons. The number of hydrogen-bond donors (Lipinski definition) is 1. The van der Waals surface area contributed by atoms with Gasteiger partial charge in [-0.25, -0.2) is 0 Å². The highest BCUT2D eigenvalue weighted by molar-refractivity contribution is 7.89. The summed E-state index contributed by atoms with van der Waals surface area (Å²) in [7, 11) is 0. The molecule has 4 nitrogen and oxygen atoms in total. The molecule has 1 aromatic carbocycles. The fourth-order valence-electron chi connectivity index (χ4n) is 2.80. The molecule has 0 aromatic heterocycles. The predicted molar refractivity (Wildman–Crippen MR) is 69.1 cm³/mol. The van der Waals surface area contributed by atoms with Crippen molar-refractivity contribution in [1.29, 1.82) is 5.26 Å². The standard InChI is InChI=1S/C13H15N3OS/c14-7-10-2-1-3-13(6-10)18(17)16-11-4-5-12(16)9-15-8-11/h1-3,6,11-12,15H,4-5,8-9H2. The van der Waals surface area contributed by atoms with Crippen molar-refractivity contribution in [3.63, 3.8) is 0 Å². The zero-order valence-corrected chi connectivity index (χ0v) is 10.8. The Kier molecular flexibility index (Phi) is 3.27. The van der Waals surface area contributed by atoms with Gasteiger partial charge in [0, 0.05) is 19.2 Å². The van der Waals surface area contributed by atoms with Gasteiger partial charge in [0.2, 0.25) is 0 Å². The van der Waals surface area contributed by atoms with Gasteiger partial charge in [0.05, 0.1) is 35.1 Å². The minimum absolute atomic E-state index is 0.371. The highest BCUT2D eigenvalue weighted by Gasteiger charge is 2.44. The first-order valence-corrected chi connectivity index (χ1v) is 7.31. The van der Waals surface area contributed by atoms with Gasteiger partial charge in [-0.2, -0.15) is 5.26 Å². The molecular weight excluding hydrogens is 246 g/mol. The third-order valence-electron chi connectivity index (χ3n) is 3.67. The molecule has 2 aliphatic rings. The Hall–Kier alpha value is -1.06. The molecule has 2 heterocycles. The van der Waals surface area contributed by atoms with E-state index in [0.717, 1.165) is 30.8 Å². The second-order valence-electron chi connectivity index (χ2n) is 4.79. The van der Waals surface area contributed by atoms with E-state index < -0.39 is 11.4 Å². The summed E-state index contributed by atoms with van der Waals surface area (Å²) in [6.45, 7) is 1.83. The molecule has 18 heavy (non-hydrogen) atoms. The molecule has 0 aliphatic carbocycles. The molecule has 1 N–H and O–H groups in total. The van der Waals surface area contributed by atoms with E-state index in [2.05, 4.69) is 15.7 Å². The summed E-state index contributed by atoms with van der Waals surface area (Å²) in [4.78, 5) is 0.743. The van der Waals surface area contributed by atoms with Crippen LogP contribution in [-0.2, 0) is 11.4 Å². The molecular formula is C13H15N3OS. The van der Waals surface area contributed by atoms with Crippen molar-refractivity contribution in [3.8, 4) is 6.07 Å². The van der Waals surface area contributed by atoms with Gasteiger partial charge in [0.25, 0.3) is 0 Å². The van der Waals surface area contributed by atoms with Crippen LogP contribution in [0.15, 0.2) is 29.2 Å². The maximum atomic E-state index is 12.6. The van der Waals surface area contributed by atoms with Gasteiger partial charge < -0.3 is 9.87 Å². The number of hydrogen-bond acceptors (Lipinski definition) is 4. The first kappa shape index (κ1) is 12.0. The fourth-order valence-corrected chi connectivity index (χ4v) is 4.37. The molecule has 3 rings (SSSR count). The molecule has 3 atom stereocenters. The van der Waals surface area contributed by atoms with Crippen molar-refractivity contribution >= 4 is 11.4 Å². The molecule has 2 fully saturated rings. The lowest BCUT2D eigenvalue weighted by atomic mass is 10.2. The number of nitrogens with one attached hydrogen (secondary N) is 1. The summed E-state index contributed by atoms with van der Waals surface area (Å²) in [5.41, 5.74) is 0.573. The first-order valence-electron chi connectivity index (χ1n) is 6.20. The largest absolute Gasteiger partial charge is 0.593 e. The topological polar surface area (TPSA) is 62.1 Å². The van der Waals surface area contributed by atoms with Gasteiger partial charge in [-0.3, -0.25) is 0 Å². The zero-order chi connectivity index (χ0) is 12.5. The van der Waals surface area contributed by atoms with Crippen LogP contribution in [0.1, 0.15) is 18.4 Å². The number of rotatable bonds is 2. The highest BCUT2D eigenvalue weighted by Crippen LogP contribution is 2.32. The van der Waals surface area contributed by atoms with Crippen molar-refractivity contribution in [2.24, 2.45) is 0 Å². The van der Waals surface area contributed by atoms with Crippen molar-refractivity contribution in [2.45, 2.75) is 29.8 Å². The van der Waals surface area contributed by atoms with Crippen LogP contribution in [0.25, 0.3) is 0 Å². The lowest BCUT2D eigenvalue weighted by Crippen LogP contribution is -2.53. The number of nitriles is 1. The molecule has 5 heteroatoms. The van der Waals surface area contributed by atoms with Crippen LogP contribution < -0.4 is 5.32 Å². The summed E-state index contributed by atoms with van der Waals surface area (Å²) < 4.78 is 14.7. The Labute approximate surface area is 110 Å². The van der Waals surface area contributed by atoms with Gasteiger partial charge in [-0.15, -0.1) is 4.31 Å². The predicted octanol–water partition coefficient (Wildman–Crippen LogP) is 1.02. The summed E-state index contributed by atoms with van der Waals surface area (Å²) in [6, 6.07) is 9.96. The molecule has 1 aromatic rings. The third-order valence-corrected chi connectivity index (χ3v) is 5.31. The van der Waals surface area contributed by atoms with Gasteiger partial charge >= 0.3 is 0 Å². The van der Waals surface area contributed by atoms with Crippen LogP contribution in [0.4, 0.5) is 0 Å². The summed E-state index contributed by atoms with van der Waals surface area (Å²) in [5.74, 6) is 0. The minimum Gasteiger partial charge on any atom is -0.593 e. The Balaban J connectivity index is 1.86. The van der Waals surface area contributed by atoms with Crippen molar-refractivity contribution in [1.82, 2.24) is 9.62 Å². The second-order valence-corrected chi connectivity index (χ2v) is 6.18. The summed E-state index contributed by atoms with van der Waals surface area (Å²) in [6.07, 6.45) is 2.22. The Bertz CT molecular complexity index is 471. The van der Waals surface area contributed by atoms with Crippen LogP contribution in [-0.4, -0.2) is 34.0 Å². The van der Waals surface area contributed by atoms with E-state index in [1.165, 1.54) is 0 Å². The van der Waals surface area contributed by atoms with Crippen LogP contribution in [0.5, 0.6) is 0 Å². The lowest BCUT2D eigenvalue weighted by molar-refractivity contribution is 0.263. The molecule has 2 bridgehead atoms. The molecule has 0 spiro atoms. The average molecular weight is 261 g/mol. The third kappa shape index (κ3) is 2.02. The van der Waals surface area contributed by atoms with E-state index in [1.807, 2.05) is 6.07 Å². The van der Waals surface area contributed by atoms with Crippen LogP contribution >= 0.6 is 0 Å². The molecule has 2 aliphatic heterocycles. The van der Waals surface area contributed by atoms with Gasteiger partial charge in [0.15, 0.2) is 4.90 Å². The van der Waals surface area contributed by atoms with Crippen molar-refractivity contribution < 1.29 is 4.55 Å². The van der Waals surface area contributed by atoms with E-state index in [4.69, 9.17) is 5.26 Å². The van der Waals surface area contributed by atoms with E-state index in [1.54, 1.807) is 18.2 Å². The van der Waals surface area contributed by atoms with E-state index in [9.17, 15) is 4.55 Å². The monoisotopic (exact) mass is 261 g/mol. The molecule has 94 valence electrons. The van der Waals surface area contributed by atoms with Crippen molar-refractivity contribution in [2.75, 3.05) is 13.1 Å². The summed E-state index contributed by atoms with van der Waals surface area (Å²) >= 11 is -1.14. The number of piperazine rings is 1. The van der Waals surface area contributed by atoms with Crippen molar-refractivity contribution in [3.05, 3.63) is 29.8 Å². The molecule has 3 unspecified atom stereocenters. The SMILES string of the molecule is N#Cc1cccc([S+]([O-])N2C3CCC2CNC3)c1. The highest BCUT2D eigenvalue weighted by atomic mass is 32.2. The maximum Gasteiger partial charge on any atom is 0.175 e. The van der Waals surface area contributed by atoms with Gasteiger partial charge in [-0.1, -0.05) is 6.07 Å². The minimum atomic E-state index is -1.14. The van der Waals surface area contributed by atoms with Gasteiger partial charge in [-0.05, 0) is 25.0 Å². The second kappa shape index (κ2) is 4.90. The number of nitrogens with zero attached hydrogens (tertiary/aromatic N) is 2.